The van der Waals surface area contributed by atoms with Crippen LogP contribution >= 0.6 is 23.7 Å². The van der Waals surface area contributed by atoms with Gasteiger partial charge in [-0.15, -0.1) is 23.7 Å². The third-order valence-electron chi connectivity index (χ3n) is 3.04. The number of aliphatic carboxylic acids is 1. The minimum absolute atomic E-state index is 0. The number of hydrogen-bond donors (Lipinski definition) is 1. The van der Waals surface area contributed by atoms with Gasteiger partial charge in [0.15, 0.2) is 0 Å². The Morgan fingerprint density at radius 2 is 2.30 bits per heavy atom. The van der Waals surface area contributed by atoms with E-state index in [-0.39, 0.29) is 12.4 Å². The molecule has 2 aromatic rings. The summed E-state index contributed by atoms with van der Waals surface area (Å²) < 4.78 is 5.63. The first kappa shape index (κ1) is 16.7. The van der Waals surface area contributed by atoms with Gasteiger partial charge in [0.1, 0.15) is 11.8 Å². The molecule has 0 radical (unpaired) electrons. The molecule has 0 saturated heterocycles. The van der Waals surface area contributed by atoms with Gasteiger partial charge in [-0.2, -0.15) is 0 Å². The highest BCUT2D eigenvalue weighted by molar-refractivity contribution is 7.13. The topological polar surface area (TPSA) is 66.6 Å². The van der Waals surface area contributed by atoms with E-state index in [0.717, 1.165) is 16.3 Å². The lowest BCUT2D eigenvalue weighted by atomic mass is 10.2. The summed E-state index contributed by atoms with van der Waals surface area (Å²) in [7, 11) is 1.76. The molecule has 110 valence electrons. The van der Waals surface area contributed by atoms with E-state index in [1.165, 1.54) is 0 Å². The minimum Gasteiger partial charge on any atom is -0.480 e. The number of carboxylic acid groups (broad SMARTS) is 1. The number of carboxylic acids is 1. The summed E-state index contributed by atoms with van der Waals surface area (Å²) in [6.45, 7) is 3.95. The van der Waals surface area contributed by atoms with Crippen LogP contribution in [0, 0.1) is 6.92 Å². The van der Waals surface area contributed by atoms with Crippen LogP contribution in [0.3, 0.4) is 0 Å². The fraction of sp³-hybridized carbons (Fsp3) is 0.385. The molecule has 1 atom stereocenters. The van der Waals surface area contributed by atoms with Gasteiger partial charge < -0.3 is 9.52 Å². The predicted molar refractivity (Wildman–Crippen MR) is 80.4 cm³/mol. The number of halogens is 1. The van der Waals surface area contributed by atoms with Crippen molar-refractivity contribution in [1.82, 2.24) is 9.88 Å². The van der Waals surface area contributed by atoms with E-state index < -0.39 is 12.0 Å². The Hall–Kier alpha value is -1.37. The highest BCUT2D eigenvalue weighted by atomic mass is 35.5. The number of carbonyl (C=O) groups is 1. The summed E-state index contributed by atoms with van der Waals surface area (Å²) in [5.74, 6) is 0.480. The predicted octanol–water partition coefficient (Wildman–Crippen LogP) is 3.04. The van der Waals surface area contributed by atoms with E-state index in [4.69, 9.17) is 9.52 Å². The molecule has 1 N–H and O–H groups in total. The largest absolute Gasteiger partial charge is 0.480 e. The second-order valence-electron chi connectivity index (χ2n) is 4.43. The zero-order valence-electron chi connectivity index (χ0n) is 11.5. The molecule has 2 aromatic heterocycles. The number of oxazole rings is 1. The van der Waals surface area contributed by atoms with Gasteiger partial charge >= 0.3 is 5.97 Å². The Kier molecular flexibility index (Phi) is 5.74. The van der Waals surface area contributed by atoms with E-state index in [1.54, 1.807) is 30.2 Å². The molecule has 2 rings (SSSR count). The molecule has 20 heavy (non-hydrogen) atoms. The number of hydrogen-bond acceptors (Lipinski definition) is 5. The van der Waals surface area contributed by atoms with Gasteiger partial charge in [-0.05, 0) is 32.3 Å². The van der Waals surface area contributed by atoms with Gasteiger partial charge in [-0.25, -0.2) is 4.98 Å². The van der Waals surface area contributed by atoms with E-state index in [0.29, 0.717) is 12.4 Å². The van der Waals surface area contributed by atoms with Gasteiger partial charge in [0.05, 0.1) is 10.6 Å². The number of likely N-dealkylation sites (N-methyl/N-ethyl adjacent to an activating group) is 1. The average molecular weight is 317 g/mol. The Bertz CT molecular complexity index is 568. The molecule has 1 unspecified atom stereocenters. The van der Waals surface area contributed by atoms with Gasteiger partial charge in [0.2, 0.25) is 5.89 Å². The highest BCUT2D eigenvalue weighted by Crippen LogP contribution is 2.26. The number of aromatic nitrogens is 1. The van der Waals surface area contributed by atoms with E-state index in [2.05, 4.69) is 4.98 Å². The fourth-order valence-corrected chi connectivity index (χ4v) is 2.29. The minimum atomic E-state index is -0.845. The maximum Gasteiger partial charge on any atom is 0.320 e. The first-order valence-corrected chi connectivity index (χ1v) is 6.80. The van der Waals surface area contributed by atoms with Crippen molar-refractivity contribution in [2.24, 2.45) is 0 Å². The van der Waals surface area contributed by atoms with Crippen molar-refractivity contribution in [2.75, 3.05) is 7.05 Å². The summed E-state index contributed by atoms with van der Waals surface area (Å²) in [5, 5.41) is 10.9. The smallest absolute Gasteiger partial charge is 0.320 e. The second kappa shape index (κ2) is 6.88. The third-order valence-corrected chi connectivity index (χ3v) is 3.90. The summed E-state index contributed by atoms with van der Waals surface area (Å²) >= 11 is 1.56. The van der Waals surface area contributed by atoms with E-state index in [9.17, 15) is 4.79 Å². The molecule has 0 aliphatic rings. The number of aryl methyl sites for hydroxylation is 1. The molecular formula is C13H17ClN2O3S. The SMILES string of the molecule is Cc1oc(-c2cccs2)nc1CN(C)C(C)C(=O)O.Cl. The molecule has 0 saturated carbocycles. The number of thiophene rings is 1. The Balaban J connectivity index is 0.00000200. The third kappa shape index (κ3) is 3.59. The van der Waals surface area contributed by atoms with Crippen molar-refractivity contribution in [1.29, 1.82) is 0 Å². The van der Waals surface area contributed by atoms with Gasteiger partial charge in [-0.1, -0.05) is 6.07 Å². The Morgan fingerprint density at radius 3 is 2.85 bits per heavy atom. The van der Waals surface area contributed by atoms with Crippen LogP contribution in [0.15, 0.2) is 21.9 Å². The molecule has 0 aliphatic carbocycles. The first-order valence-electron chi connectivity index (χ1n) is 5.92. The summed E-state index contributed by atoms with van der Waals surface area (Å²) in [6, 6.07) is 3.34. The molecule has 0 spiro atoms. The normalized spacial score (nSPS) is 12.2. The molecule has 0 bridgehead atoms. The molecule has 2 heterocycles. The summed E-state index contributed by atoms with van der Waals surface area (Å²) in [5.41, 5.74) is 0.777. The maximum atomic E-state index is 10.9. The molecule has 0 aromatic carbocycles. The lowest BCUT2D eigenvalue weighted by molar-refractivity contribution is -0.142. The summed E-state index contributed by atoms with van der Waals surface area (Å²) in [4.78, 5) is 18.1. The maximum absolute atomic E-state index is 10.9. The van der Waals surface area contributed by atoms with Crippen molar-refractivity contribution in [3.8, 4) is 10.8 Å². The van der Waals surface area contributed by atoms with Gasteiger partial charge in [0.25, 0.3) is 0 Å². The van der Waals surface area contributed by atoms with Crippen LogP contribution in [0.5, 0.6) is 0 Å². The van der Waals surface area contributed by atoms with Crippen molar-refractivity contribution >= 4 is 29.7 Å². The molecule has 0 amide bonds. The fourth-order valence-electron chi connectivity index (χ4n) is 1.64. The lowest BCUT2D eigenvalue weighted by Crippen LogP contribution is -2.35. The van der Waals surface area contributed by atoms with Crippen LogP contribution in [-0.4, -0.2) is 34.0 Å². The van der Waals surface area contributed by atoms with Crippen LogP contribution in [-0.2, 0) is 11.3 Å². The van der Waals surface area contributed by atoms with Crippen molar-refractivity contribution < 1.29 is 14.3 Å². The van der Waals surface area contributed by atoms with Crippen LogP contribution in [0.2, 0.25) is 0 Å². The van der Waals surface area contributed by atoms with Gasteiger partial charge in [0, 0.05) is 6.54 Å². The molecule has 5 nitrogen and oxygen atoms in total. The van der Waals surface area contributed by atoms with Crippen LogP contribution in [0.1, 0.15) is 18.4 Å². The molecule has 0 fully saturated rings. The highest BCUT2D eigenvalue weighted by Gasteiger charge is 2.20. The number of nitrogens with zero attached hydrogens (tertiary/aromatic N) is 2. The first-order chi connectivity index (χ1) is 8.99. The number of rotatable bonds is 5. The molecular weight excluding hydrogens is 300 g/mol. The van der Waals surface area contributed by atoms with Crippen molar-refractivity contribution in [2.45, 2.75) is 26.4 Å². The standard InChI is InChI=1S/C13H16N2O3S.ClH/c1-8(13(16)17)15(3)7-10-9(2)18-12(14-10)11-5-4-6-19-11;/h4-6,8H,7H2,1-3H3,(H,16,17);1H. The van der Waals surface area contributed by atoms with Crippen molar-refractivity contribution in [3.63, 3.8) is 0 Å². The van der Waals surface area contributed by atoms with Crippen LogP contribution < -0.4 is 0 Å². The van der Waals surface area contributed by atoms with Crippen LogP contribution in [0.25, 0.3) is 10.8 Å². The van der Waals surface area contributed by atoms with E-state index >= 15 is 0 Å². The zero-order chi connectivity index (χ0) is 14.0. The van der Waals surface area contributed by atoms with Crippen LogP contribution in [0.4, 0.5) is 0 Å². The quantitative estimate of drug-likeness (QED) is 0.918. The Labute approximate surface area is 127 Å². The molecule has 7 heteroatoms. The zero-order valence-corrected chi connectivity index (χ0v) is 13.1. The molecule has 0 aliphatic heterocycles. The Morgan fingerprint density at radius 1 is 1.60 bits per heavy atom. The average Bonchev–Trinajstić information content (AvgIpc) is 2.98. The second-order valence-corrected chi connectivity index (χ2v) is 5.38. The van der Waals surface area contributed by atoms with Gasteiger partial charge in [-0.3, -0.25) is 9.69 Å². The summed E-state index contributed by atoms with van der Waals surface area (Å²) in [6.07, 6.45) is 0. The monoisotopic (exact) mass is 316 g/mol. The van der Waals surface area contributed by atoms with E-state index in [1.807, 2.05) is 24.4 Å². The van der Waals surface area contributed by atoms with Crippen molar-refractivity contribution in [3.05, 3.63) is 29.0 Å². The lowest BCUT2D eigenvalue weighted by Gasteiger charge is -2.19.